The van der Waals surface area contributed by atoms with Crippen LogP contribution in [0.15, 0.2) is 6.20 Å². The highest BCUT2D eigenvalue weighted by atomic mass is 35.5. The average Bonchev–Trinajstić information content (AvgIpc) is 2.09. The molecule has 0 bridgehead atoms. The monoisotopic (exact) mass is 207 g/mol. The van der Waals surface area contributed by atoms with Gasteiger partial charge >= 0.3 is 0 Å². The molecule has 1 heterocycles. The highest BCUT2D eigenvalue weighted by Crippen LogP contribution is 2.30. The van der Waals surface area contributed by atoms with E-state index < -0.39 is 12.1 Å². The maximum absolute atomic E-state index is 12.2. The summed E-state index contributed by atoms with van der Waals surface area (Å²) < 4.78 is 24.4. The fourth-order valence-corrected chi connectivity index (χ4v) is 1.10. The zero-order valence-corrected chi connectivity index (χ0v) is 7.35. The highest BCUT2D eigenvalue weighted by molar-refractivity contribution is 6.33. The van der Waals surface area contributed by atoms with Crippen LogP contribution >= 0.6 is 11.6 Å². The first-order valence-electron chi connectivity index (χ1n) is 3.49. The molecule has 13 heavy (non-hydrogen) atoms. The van der Waals surface area contributed by atoms with Gasteiger partial charge in [0.15, 0.2) is 0 Å². The Morgan fingerprint density at radius 1 is 1.54 bits per heavy atom. The second kappa shape index (κ2) is 3.85. The van der Waals surface area contributed by atoms with E-state index in [1.807, 2.05) is 0 Å². The topological polar surface area (TPSA) is 64.9 Å². The largest absolute Gasteiger partial charge is 0.396 e. The van der Waals surface area contributed by atoms with Gasteiger partial charge in [0.2, 0.25) is 0 Å². The lowest BCUT2D eigenvalue weighted by Crippen LogP contribution is -2.05. The molecule has 0 aromatic carbocycles. The fraction of sp³-hybridized carbons (Fsp3) is 0.286. The van der Waals surface area contributed by atoms with E-state index in [0.717, 1.165) is 0 Å². The summed E-state index contributed by atoms with van der Waals surface area (Å²) in [5.41, 5.74) is 10.4. The number of anilines is 1. The molecule has 0 amide bonds. The summed E-state index contributed by atoms with van der Waals surface area (Å²) in [6.07, 6.45) is -1.51. The number of alkyl halides is 2. The van der Waals surface area contributed by atoms with Gasteiger partial charge in [0.05, 0.1) is 10.7 Å². The van der Waals surface area contributed by atoms with E-state index in [9.17, 15) is 8.78 Å². The molecule has 0 saturated carbocycles. The summed E-state index contributed by atoms with van der Waals surface area (Å²) in [6.45, 7) is 0.125. The Kier molecular flexibility index (Phi) is 3.00. The van der Waals surface area contributed by atoms with Crippen molar-refractivity contribution in [2.75, 3.05) is 5.73 Å². The number of aromatic nitrogens is 1. The summed E-state index contributed by atoms with van der Waals surface area (Å²) in [4.78, 5) is 3.47. The Bertz CT molecular complexity index is 317. The molecular formula is C7H8ClF2N3. The Hall–Kier alpha value is -0.940. The molecule has 0 aliphatic rings. The van der Waals surface area contributed by atoms with Crippen LogP contribution in [0.2, 0.25) is 5.02 Å². The molecule has 0 spiro atoms. The molecule has 0 unspecified atom stereocenters. The normalized spacial score (nSPS) is 10.8. The Balaban J connectivity index is 3.23. The Morgan fingerprint density at radius 3 is 2.62 bits per heavy atom. The molecule has 4 N–H and O–H groups in total. The predicted octanol–water partition coefficient (Wildman–Crippen LogP) is 1.71. The molecule has 0 fully saturated rings. The van der Waals surface area contributed by atoms with Gasteiger partial charge < -0.3 is 11.5 Å². The molecule has 1 aromatic heterocycles. The maximum Gasteiger partial charge on any atom is 0.282 e. The molecule has 6 heteroatoms. The number of hydrogen-bond donors (Lipinski definition) is 2. The first kappa shape index (κ1) is 10.1. The molecule has 1 rings (SSSR count). The van der Waals surface area contributed by atoms with Crippen molar-refractivity contribution in [2.24, 2.45) is 5.73 Å². The average molecular weight is 208 g/mol. The van der Waals surface area contributed by atoms with Crippen molar-refractivity contribution in [3.63, 3.8) is 0 Å². The number of rotatable bonds is 2. The van der Waals surface area contributed by atoms with Crippen LogP contribution in [-0.4, -0.2) is 4.98 Å². The Labute approximate surface area is 78.7 Å². The number of nitrogens with two attached hydrogens (primary N) is 2. The van der Waals surface area contributed by atoms with Gasteiger partial charge in [-0.3, -0.25) is 4.98 Å². The third-order valence-corrected chi connectivity index (χ3v) is 2.03. The van der Waals surface area contributed by atoms with Crippen LogP contribution in [0.1, 0.15) is 17.7 Å². The number of halogens is 3. The SMILES string of the molecule is NCc1cnc(C(F)F)c(N)c1Cl. The maximum atomic E-state index is 12.2. The van der Waals surface area contributed by atoms with Crippen LogP contribution < -0.4 is 11.5 Å². The first-order chi connectivity index (χ1) is 6.07. The zero-order valence-electron chi connectivity index (χ0n) is 6.60. The summed E-state index contributed by atoms with van der Waals surface area (Å²) >= 11 is 5.66. The van der Waals surface area contributed by atoms with Gasteiger partial charge in [-0.1, -0.05) is 11.6 Å². The van der Waals surface area contributed by atoms with Crippen molar-refractivity contribution in [1.29, 1.82) is 0 Å². The second-order valence-corrected chi connectivity index (χ2v) is 2.78. The number of pyridine rings is 1. The number of nitrogens with zero attached hydrogens (tertiary/aromatic N) is 1. The van der Waals surface area contributed by atoms with Crippen LogP contribution in [-0.2, 0) is 6.54 Å². The molecule has 0 radical (unpaired) electrons. The van der Waals surface area contributed by atoms with Crippen molar-refractivity contribution < 1.29 is 8.78 Å². The molecule has 0 atom stereocenters. The van der Waals surface area contributed by atoms with Gasteiger partial charge in [-0.2, -0.15) is 0 Å². The molecule has 3 nitrogen and oxygen atoms in total. The van der Waals surface area contributed by atoms with Gasteiger partial charge in [0, 0.05) is 18.3 Å². The smallest absolute Gasteiger partial charge is 0.282 e. The van der Waals surface area contributed by atoms with E-state index in [2.05, 4.69) is 4.98 Å². The third-order valence-electron chi connectivity index (χ3n) is 1.58. The van der Waals surface area contributed by atoms with Gasteiger partial charge in [-0.05, 0) is 0 Å². The molecule has 1 aromatic rings. The van der Waals surface area contributed by atoms with E-state index in [4.69, 9.17) is 23.1 Å². The standard InChI is InChI=1S/C7H8ClF2N3/c8-4-3(1-11)2-13-6(5(4)12)7(9)10/h2,7H,1,11-12H2. The fourth-order valence-electron chi connectivity index (χ4n) is 0.875. The van der Waals surface area contributed by atoms with E-state index in [1.54, 1.807) is 0 Å². The highest BCUT2D eigenvalue weighted by Gasteiger charge is 2.16. The van der Waals surface area contributed by atoms with E-state index >= 15 is 0 Å². The first-order valence-corrected chi connectivity index (χ1v) is 3.86. The van der Waals surface area contributed by atoms with Crippen LogP contribution in [0.3, 0.4) is 0 Å². The lowest BCUT2D eigenvalue weighted by Gasteiger charge is -2.08. The molecule has 0 aliphatic heterocycles. The summed E-state index contributed by atoms with van der Waals surface area (Å²) in [5.74, 6) is 0. The molecule has 72 valence electrons. The van der Waals surface area contributed by atoms with Crippen LogP contribution in [0.4, 0.5) is 14.5 Å². The summed E-state index contributed by atoms with van der Waals surface area (Å²) in [5, 5.41) is 0.0628. The van der Waals surface area contributed by atoms with Crippen molar-refractivity contribution in [1.82, 2.24) is 4.98 Å². The Morgan fingerprint density at radius 2 is 2.15 bits per heavy atom. The van der Waals surface area contributed by atoms with Gasteiger partial charge in [0.25, 0.3) is 6.43 Å². The van der Waals surface area contributed by atoms with E-state index in [-0.39, 0.29) is 17.3 Å². The lowest BCUT2D eigenvalue weighted by molar-refractivity contribution is 0.147. The minimum Gasteiger partial charge on any atom is -0.396 e. The summed E-state index contributed by atoms with van der Waals surface area (Å²) in [6, 6.07) is 0. The van der Waals surface area contributed by atoms with Gasteiger partial charge in [-0.15, -0.1) is 0 Å². The van der Waals surface area contributed by atoms with Crippen molar-refractivity contribution in [2.45, 2.75) is 13.0 Å². The molecule has 0 saturated heterocycles. The third kappa shape index (κ3) is 1.87. The van der Waals surface area contributed by atoms with E-state index in [0.29, 0.717) is 5.56 Å². The van der Waals surface area contributed by atoms with Crippen molar-refractivity contribution in [3.8, 4) is 0 Å². The second-order valence-electron chi connectivity index (χ2n) is 2.40. The van der Waals surface area contributed by atoms with E-state index in [1.165, 1.54) is 6.20 Å². The quantitative estimate of drug-likeness (QED) is 0.776. The lowest BCUT2D eigenvalue weighted by atomic mass is 10.2. The van der Waals surface area contributed by atoms with Crippen molar-refractivity contribution >= 4 is 17.3 Å². The molecular weight excluding hydrogens is 200 g/mol. The van der Waals surface area contributed by atoms with Crippen LogP contribution in [0.25, 0.3) is 0 Å². The minimum atomic E-state index is -2.72. The van der Waals surface area contributed by atoms with Crippen LogP contribution in [0, 0.1) is 0 Å². The van der Waals surface area contributed by atoms with Crippen LogP contribution in [0.5, 0.6) is 0 Å². The minimum absolute atomic E-state index is 0.0628. The van der Waals surface area contributed by atoms with Gasteiger partial charge in [0.1, 0.15) is 5.69 Å². The summed E-state index contributed by atoms with van der Waals surface area (Å²) in [7, 11) is 0. The molecule has 0 aliphatic carbocycles. The number of hydrogen-bond acceptors (Lipinski definition) is 3. The van der Waals surface area contributed by atoms with Gasteiger partial charge in [-0.25, -0.2) is 8.78 Å². The van der Waals surface area contributed by atoms with Crippen molar-refractivity contribution in [3.05, 3.63) is 22.5 Å². The number of nitrogen functional groups attached to an aromatic ring is 1. The zero-order chi connectivity index (χ0) is 10.0. The predicted molar refractivity (Wildman–Crippen MR) is 46.5 cm³/mol.